The van der Waals surface area contributed by atoms with Gasteiger partial charge in [0, 0.05) is 24.3 Å². The van der Waals surface area contributed by atoms with E-state index in [4.69, 9.17) is 16.1 Å². The lowest BCUT2D eigenvalue weighted by Crippen LogP contribution is -2.36. The molecule has 178 valence electrons. The van der Waals surface area contributed by atoms with Gasteiger partial charge in [-0.1, -0.05) is 59.2 Å². The highest BCUT2D eigenvalue weighted by Crippen LogP contribution is 2.32. The van der Waals surface area contributed by atoms with E-state index in [1.54, 1.807) is 55.5 Å². The minimum absolute atomic E-state index is 0.230. The van der Waals surface area contributed by atoms with Crippen molar-refractivity contribution in [3.63, 3.8) is 0 Å². The minimum Gasteiger partial charge on any atom is -0.360 e. The molecule has 2 heterocycles. The zero-order chi connectivity index (χ0) is 24.6. The average molecular weight is 508 g/mol. The molecule has 0 aliphatic carbocycles. The van der Waals surface area contributed by atoms with Crippen molar-refractivity contribution < 1.29 is 17.7 Å². The number of amides is 1. The van der Waals surface area contributed by atoms with E-state index in [2.05, 4.69) is 10.5 Å². The highest BCUT2D eigenvalue weighted by Gasteiger charge is 2.29. The van der Waals surface area contributed by atoms with Crippen LogP contribution in [0.3, 0.4) is 0 Å². The predicted molar refractivity (Wildman–Crippen MR) is 134 cm³/mol. The molecule has 35 heavy (non-hydrogen) atoms. The Balaban J connectivity index is 1.40. The number of anilines is 1. The number of benzene rings is 3. The lowest BCUT2D eigenvalue weighted by molar-refractivity contribution is 0.102. The molecule has 0 fully saturated rings. The molecule has 0 radical (unpaired) electrons. The predicted octanol–water partition coefficient (Wildman–Crippen LogP) is 5.30. The van der Waals surface area contributed by atoms with Crippen molar-refractivity contribution in [2.45, 2.75) is 24.8 Å². The molecule has 5 rings (SSSR count). The maximum atomic E-state index is 13.2. The molecule has 1 aliphatic heterocycles. The topological polar surface area (TPSA) is 92.5 Å². The number of halogens is 1. The Morgan fingerprint density at radius 1 is 1.03 bits per heavy atom. The number of aryl methyl sites for hydroxylation is 1. The first kappa shape index (κ1) is 23.3. The highest BCUT2D eigenvalue weighted by atomic mass is 35.5. The summed E-state index contributed by atoms with van der Waals surface area (Å²) in [5, 5.41) is 7.41. The first-order chi connectivity index (χ1) is 16.8. The van der Waals surface area contributed by atoms with E-state index in [1.807, 2.05) is 24.3 Å². The third kappa shape index (κ3) is 4.48. The van der Waals surface area contributed by atoms with E-state index in [-0.39, 0.29) is 17.3 Å². The number of nitrogens with one attached hydrogen (secondary N) is 1. The molecule has 1 N–H and O–H groups in total. The standard InChI is InChI=1S/C26H22ClN3O4S/c1-17-24(25(29-34-17)22-9-5-6-10-23(22)27)26(31)28-20-12-11-18-13-14-30(16-19(18)15-20)35(32,33)21-7-3-2-4-8-21/h2-12,15H,13-14,16H2,1H3,(H,28,31). The molecule has 0 spiro atoms. The molecule has 1 aliphatic rings. The maximum absolute atomic E-state index is 13.2. The summed E-state index contributed by atoms with van der Waals surface area (Å²) in [6.07, 6.45) is 0.594. The van der Waals surface area contributed by atoms with Gasteiger partial charge in [0.05, 0.1) is 9.92 Å². The number of hydrogen-bond acceptors (Lipinski definition) is 5. The summed E-state index contributed by atoms with van der Waals surface area (Å²) in [5.41, 5.74) is 3.72. The van der Waals surface area contributed by atoms with Gasteiger partial charge in [-0.2, -0.15) is 4.31 Å². The second-order valence-corrected chi connectivity index (χ2v) is 10.6. The summed E-state index contributed by atoms with van der Waals surface area (Å²) in [5.74, 6) is -0.0151. The van der Waals surface area contributed by atoms with E-state index >= 15 is 0 Å². The van der Waals surface area contributed by atoms with Gasteiger partial charge in [-0.3, -0.25) is 4.79 Å². The number of fused-ring (bicyclic) bond motifs is 1. The molecule has 9 heteroatoms. The van der Waals surface area contributed by atoms with Crippen LogP contribution in [0.4, 0.5) is 5.69 Å². The number of carbonyl (C=O) groups is 1. The third-order valence-electron chi connectivity index (χ3n) is 6.04. The maximum Gasteiger partial charge on any atom is 0.261 e. The van der Waals surface area contributed by atoms with Crippen LogP contribution < -0.4 is 5.32 Å². The molecule has 0 saturated carbocycles. The van der Waals surface area contributed by atoms with E-state index in [1.165, 1.54) is 4.31 Å². The van der Waals surface area contributed by atoms with Gasteiger partial charge in [-0.05, 0) is 54.8 Å². The van der Waals surface area contributed by atoms with Crippen molar-refractivity contribution in [2.75, 3.05) is 11.9 Å². The van der Waals surface area contributed by atoms with Crippen LogP contribution in [0.15, 0.2) is 82.2 Å². The van der Waals surface area contributed by atoms with Gasteiger partial charge in [0.2, 0.25) is 10.0 Å². The summed E-state index contributed by atoms with van der Waals surface area (Å²) in [6.45, 7) is 2.30. The number of nitrogens with zero attached hydrogens (tertiary/aromatic N) is 2. The Morgan fingerprint density at radius 2 is 1.77 bits per heavy atom. The molecule has 0 bridgehead atoms. The fraction of sp³-hybridized carbons (Fsp3) is 0.154. The highest BCUT2D eigenvalue weighted by molar-refractivity contribution is 7.89. The molecular formula is C26H22ClN3O4S. The quantitative estimate of drug-likeness (QED) is 0.395. The second kappa shape index (κ2) is 9.30. The van der Waals surface area contributed by atoms with Gasteiger partial charge in [0.15, 0.2) is 0 Å². The normalized spacial score (nSPS) is 13.9. The molecule has 1 aromatic heterocycles. The Kier molecular flexibility index (Phi) is 6.19. The molecule has 0 saturated heterocycles. The Hall–Kier alpha value is -3.46. The monoisotopic (exact) mass is 507 g/mol. The minimum atomic E-state index is -3.61. The van der Waals surface area contributed by atoms with Crippen LogP contribution in [0.1, 0.15) is 27.2 Å². The number of hydrogen-bond donors (Lipinski definition) is 1. The zero-order valence-electron chi connectivity index (χ0n) is 18.9. The third-order valence-corrected chi connectivity index (χ3v) is 8.23. The number of rotatable bonds is 5. The van der Waals surface area contributed by atoms with Gasteiger partial charge < -0.3 is 9.84 Å². The lowest BCUT2D eigenvalue weighted by Gasteiger charge is -2.28. The second-order valence-electron chi connectivity index (χ2n) is 8.28. The summed E-state index contributed by atoms with van der Waals surface area (Å²) in [6, 6.07) is 21.1. The van der Waals surface area contributed by atoms with Crippen molar-refractivity contribution in [3.05, 3.63) is 100 Å². The van der Waals surface area contributed by atoms with Crippen LogP contribution in [-0.2, 0) is 23.0 Å². The van der Waals surface area contributed by atoms with Crippen molar-refractivity contribution in [1.29, 1.82) is 0 Å². The summed E-state index contributed by atoms with van der Waals surface area (Å²) < 4.78 is 32.9. The summed E-state index contributed by atoms with van der Waals surface area (Å²) in [4.78, 5) is 13.5. The van der Waals surface area contributed by atoms with Crippen LogP contribution in [0.2, 0.25) is 5.02 Å². The SMILES string of the molecule is Cc1onc(-c2ccccc2Cl)c1C(=O)Nc1ccc2c(c1)CN(S(=O)(=O)c1ccccc1)CC2. The van der Waals surface area contributed by atoms with Crippen molar-refractivity contribution in [2.24, 2.45) is 0 Å². The summed E-state index contributed by atoms with van der Waals surface area (Å²) >= 11 is 6.31. The Labute approximate surface area is 208 Å². The van der Waals surface area contributed by atoms with Gasteiger partial charge in [-0.15, -0.1) is 0 Å². The largest absolute Gasteiger partial charge is 0.360 e. The van der Waals surface area contributed by atoms with Crippen LogP contribution in [-0.4, -0.2) is 30.3 Å². The molecule has 1 amide bonds. The number of aromatic nitrogens is 1. The van der Waals surface area contributed by atoms with Gasteiger partial charge in [0.25, 0.3) is 5.91 Å². The Bertz CT molecular complexity index is 1520. The molecule has 4 aromatic rings. The molecule has 0 atom stereocenters. The van der Waals surface area contributed by atoms with E-state index in [9.17, 15) is 13.2 Å². The van der Waals surface area contributed by atoms with Crippen LogP contribution in [0.5, 0.6) is 0 Å². The van der Waals surface area contributed by atoms with Crippen LogP contribution in [0.25, 0.3) is 11.3 Å². The fourth-order valence-electron chi connectivity index (χ4n) is 4.23. The first-order valence-electron chi connectivity index (χ1n) is 11.0. The smallest absolute Gasteiger partial charge is 0.261 e. The van der Waals surface area contributed by atoms with Gasteiger partial charge in [0.1, 0.15) is 17.0 Å². The lowest BCUT2D eigenvalue weighted by atomic mass is 10.00. The average Bonchev–Trinajstić information content (AvgIpc) is 3.25. The first-order valence-corrected chi connectivity index (χ1v) is 12.9. The number of sulfonamides is 1. The fourth-order valence-corrected chi connectivity index (χ4v) is 5.89. The number of carbonyl (C=O) groups excluding carboxylic acids is 1. The van der Waals surface area contributed by atoms with Crippen molar-refractivity contribution in [3.8, 4) is 11.3 Å². The van der Waals surface area contributed by atoms with Crippen LogP contribution >= 0.6 is 11.6 Å². The van der Waals surface area contributed by atoms with Gasteiger partial charge in [-0.25, -0.2) is 8.42 Å². The van der Waals surface area contributed by atoms with E-state index < -0.39 is 10.0 Å². The molecule has 7 nitrogen and oxygen atoms in total. The Morgan fingerprint density at radius 3 is 2.54 bits per heavy atom. The molecule has 0 unspecified atom stereocenters. The molecular weight excluding hydrogens is 486 g/mol. The van der Waals surface area contributed by atoms with E-state index in [0.29, 0.717) is 46.3 Å². The van der Waals surface area contributed by atoms with Gasteiger partial charge >= 0.3 is 0 Å². The van der Waals surface area contributed by atoms with Crippen LogP contribution in [0, 0.1) is 6.92 Å². The summed E-state index contributed by atoms with van der Waals surface area (Å²) in [7, 11) is -3.61. The van der Waals surface area contributed by atoms with E-state index in [0.717, 1.165) is 11.1 Å². The van der Waals surface area contributed by atoms with Crippen molar-refractivity contribution >= 4 is 33.2 Å². The molecule has 3 aromatic carbocycles. The zero-order valence-corrected chi connectivity index (χ0v) is 20.4. The van der Waals surface area contributed by atoms with Crippen molar-refractivity contribution in [1.82, 2.24) is 9.46 Å².